The van der Waals surface area contributed by atoms with Crippen molar-refractivity contribution in [1.29, 1.82) is 0 Å². The Balaban J connectivity index is 1.41. The summed E-state index contributed by atoms with van der Waals surface area (Å²) in [5.74, 6) is 2.44. The molecule has 1 aliphatic rings. The van der Waals surface area contributed by atoms with Crippen LogP contribution in [0.15, 0.2) is 42.7 Å². The molecule has 3 N–H and O–H groups in total. The Kier molecular flexibility index (Phi) is 4.83. The van der Waals surface area contributed by atoms with Gasteiger partial charge in [-0.3, -0.25) is 4.98 Å². The maximum absolute atomic E-state index is 6.31. The van der Waals surface area contributed by atoms with E-state index in [-0.39, 0.29) is 5.54 Å². The van der Waals surface area contributed by atoms with Crippen molar-refractivity contribution in [2.45, 2.75) is 32.7 Å². The number of rotatable bonds is 4. The summed E-state index contributed by atoms with van der Waals surface area (Å²) in [6.07, 6.45) is 4.65. The molecule has 0 radical (unpaired) electrons. The molecule has 0 bridgehead atoms. The highest BCUT2D eigenvalue weighted by atomic mass is 32.1. The molecular formula is C23H25N7S. The van der Waals surface area contributed by atoms with Gasteiger partial charge in [-0.05, 0) is 57.0 Å². The first kappa shape index (κ1) is 19.8. The average Bonchev–Trinajstić information content (AvgIpc) is 3.30. The van der Waals surface area contributed by atoms with Crippen LogP contribution in [0.5, 0.6) is 0 Å². The van der Waals surface area contributed by atoms with Crippen LogP contribution < -0.4 is 16.0 Å². The number of nitrogens with zero attached hydrogens (tertiary/aromatic N) is 5. The number of hydrogen-bond acceptors (Lipinski definition) is 8. The van der Waals surface area contributed by atoms with Gasteiger partial charge in [-0.2, -0.15) is 0 Å². The van der Waals surface area contributed by atoms with Crippen molar-refractivity contribution in [3.05, 3.63) is 54.0 Å². The fourth-order valence-electron chi connectivity index (χ4n) is 3.89. The molecule has 0 aromatic carbocycles. The second kappa shape index (κ2) is 7.55. The highest BCUT2D eigenvalue weighted by molar-refractivity contribution is 7.21. The monoisotopic (exact) mass is 431 g/mol. The van der Waals surface area contributed by atoms with Crippen molar-refractivity contribution in [3.63, 3.8) is 0 Å². The van der Waals surface area contributed by atoms with Crippen molar-refractivity contribution >= 4 is 39.0 Å². The normalized spacial score (nSPS) is 18.6. The molecule has 0 aliphatic carbocycles. The van der Waals surface area contributed by atoms with Gasteiger partial charge < -0.3 is 16.0 Å². The summed E-state index contributed by atoms with van der Waals surface area (Å²) >= 11 is 1.63. The third-order valence-electron chi connectivity index (χ3n) is 5.46. The molecule has 5 heterocycles. The number of thiazole rings is 1. The van der Waals surface area contributed by atoms with Crippen LogP contribution in [0.1, 0.15) is 24.6 Å². The van der Waals surface area contributed by atoms with Gasteiger partial charge >= 0.3 is 0 Å². The molecular weight excluding hydrogens is 406 g/mol. The summed E-state index contributed by atoms with van der Waals surface area (Å²) in [5, 5.41) is 4.32. The van der Waals surface area contributed by atoms with Crippen LogP contribution in [0.3, 0.4) is 0 Å². The molecule has 1 aliphatic heterocycles. The van der Waals surface area contributed by atoms with Crippen molar-refractivity contribution in [2.75, 3.05) is 23.3 Å². The first-order valence-electron chi connectivity index (χ1n) is 10.3. The standard InChI is InChI=1S/C23H25N7S/c1-14-8-20(29-21(9-14)30-7-5-23(3,24)13-30)28-19-11-17-18(12-26-19)31-22(27-17)16-4-6-25-15(2)10-16/h4,6,8-12H,5,7,13,24H2,1-3H3,(H,26,28,29). The van der Waals surface area contributed by atoms with E-state index in [1.54, 1.807) is 11.3 Å². The number of hydrogen-bond donors (Lipinski definition) is 2. The number of aromatic nitrogens is 4. The van der Waals surface area contributed by atoms with Crippen LogP contribution in [0.2, 0.25) is 0 Å². The molecule has 4 aromatic rings. The highest BCUT2D eigenvalue weighted by Crippen LogP contribution is 2.32. The second-order valence-corrected chi connectivity index (χ2v) is 9.61. The molecule has 8 heteroatoms. The Labute approximate surface area is 185 Å². The van der Waals surface area contributed by atoms with Gasteiger partial charge in [0.2, 0.25) is 0 Å². The van der Waals surface area contributed by atoms with Gasteiger partial charge in [-0.15, -0.1) is 11.3 Å². The molecule has 4 aromatic heterocycles. The Morgan fingerprint density at radius 2 is 1.97 bits per heavy atom. The van der Waals surface area contributed by atoms with Gasteiger partial charge in [0, 0.05) is 48.3 Å². The quantitative estimate of drug-likeness (QED) is 0.493. The Hall–Kier alpha value is -3.10. The molecule has 5 rings (SSSR count). The van der Waals surface area contributed by atoms with E-state index in [2.05, 4.69) is 40.1 Å². The molecule has 7 nitrogen and oxygen atoms in total. The minimum Gasteiger partial charge on any atom is -0.355 e. The summed E-state index contributed by atoms with van der Waals surface area (Å²) in [5.41, 5.74) is 10.3. The molecule has 1 unspecified atom stereocenters. The number of aryl methyl sites for hydroxylation is 2. The van der Waals surface area contributed by atoms with Gasteiger partial charge in [0.15, 0.2) is 0 Å². The lowest BCUT2D eigenvalue weighted by molar-refractivity contribution is 0.524. The smallest absolute Gasteiger partial charge is 0.134 e. The largest absolute Gasteiger partial charge is 0.355 e. The molecule has 1 fully saturated rings. The minimum absolute atomic E-state index is 0.165. The molecule has 1 atom stereocenters. The first-order valence-corrected chi connectivity index (χ1v) is 11.2. The van der Waals surface area contributed by atoms with Gasteiger partial charge in [0.25, 0.3) is 0 Å². The van der Waals surface area contributed by atoms with E-state index in [1.807, 2.05) is 43.6 Å². The van der Waals surface area contributed by atoms with Crippen LogP contribution in [-0.2, 0) is 0 Å². The zero-order valence-electron chi connectivity index (χ0n) is 17.9. The number of anilines is 3. The zero-order valence-corrected chi connectivity index (χ0v) is 18.7. The van der Waals surface area contributed by atoms with Gasteiger partial charge in [0.1, 0.15) is 22.5 Å². The van der Waals surface area contributed by atoms with E-state index in [0.717, 1.165) is 69.0 Å². The number of nitrogens with two attached hydrogens (primary N) is 1. The van der Waals surface area contributed by atoms with Crippen LogP contribution in [0.4, 0.5) is 17.5 Å². The second-order valence-electron chi connectivity index (χ2n) is 8.58. The predicted octanol–water partition coefficient (Wildman–Crippen LogP) is 4.44. The third kappa shape index (κ3) is 4.22. The van der Waals surface area contributed by atoms with E-state index < -0.39 is 0 Å². The summed E-state index contributed by atoms with van der Waals surface area (Å²) < 4.78 is 1.05. The predicted molar refractivity (Wildman–Crippen MR) is 127 cm³/mol. The van der Waals surface area contributed by atoms with Crippen LogP contribution in [0, 0.1) is 13.8 Å². The third-order valence-corrected chi connectivity index (χ3v) is 6.52. The number of fused-ring (bicyclic) bond motifs is 1. The van der Waals surface area contributed by atoms with Gasteiger partial charge in [-0.1, -0.05) is 0 Å². The molecule has 0 saturated carbocycles. The summed E-state index contributed by atoms with van der Waals surface area (Å²) in [7, 11) is 0. The fraction of sp³-hybridized carbons (Fsp3) is 0.304. The van der Waals surface area contributed by atoms with Crippen molar-refractivity contribution in [2.24, 2.45) is 5.73 Å². The van der Waals surface area contributed by atoms with Gasteiger partial charge in [-0.25, -0.2) is 15.0 Å². The van der Waals surface area contributed by atoms with Crippen LogP contribution in [0.25, 0.3) is 20.8 Å². The Bertz CT molecular complexity index is 1260. The van der Waals surface area contributed by atoms with E-state index in [9.17, 15) is 0 Å². The number of nitrogens with one attached hydrogen (secondary N) is 1. The Morgan fingerprint density at radius 3 is 2.74 bits per heavy atom. The lowest BCUT2D eigenvalue weighted by Gasteiger charge is -2.21. The lowest BCUT2D eigenvalue weighted by Crippen LogP contribution is -2.39. The van der Waals surface area contributed by atoms with E-state index in [1.165, 1.54) is 0 Å². The summed E-state index contributed by atoms with van der Waals surface area (Å²) in [6, 6.07) is 10.1. The molecule has 0 amide bonds. The molecule has 158 valence electrons. The molecule has 31 heavy (non-hydrogen) atoms. The van der Waals surface area contributed by atoms with Crippen molar-refractivity contribution in [3.8, 4) is 10.6 Å². The topological polar surface area (TPSA) is 92.8 Å². The maximum Gasteiger partial charge on any atom is 0.134 e. The van der Waals surface area contributed by atoms with Crippen molar-refractivity contribution < 1.29 is 0 Å². The SMILES string of the molecule is Cc1cc(Nc2cc3nc(-c4ccnc(C)c4)sc3cn2)nc(N2CCC(C)(N)C2)c1. The van der Waals surface area contributed by atoms with Crippen LogP contribution in [-0.4, -0.2) is 38.6 Å². The fourth-order valence-corrected chi connectivity index (χ4v) is 4.80. The lowest BCUT2D eigenvalue weighted by atomic mass is 10.0. The average molecular weight is 432 g/mol. The summed E-state index contributed by atoms with van der Waals surface area (Å²) in [4.78, 5) is 20.7. The maximum atomic E-state index is 6.31. The minimum atomic E-state index is -0.165. The van der Waals surface area contributed by atoms with Gasteiger partial charge in [0.05, 0.1) is 10.2 Å². The zero-order chi connectivity index (χ0) is 21.6. The van der Waals surface area contributed by atoms with E-state index in [4.69, 9.17) is 15.7 Å². The Morgan fingerprint density at radius 1 is 1.10 bits per heavy atom. The first-order chi connectivity index (χ1) is 14.8. The summed E-state index contributed by atoms with van der Waals surface area (Å²) in [6.45, 7) is 7.89. The van der Waals surface area contributed by atoms with E-state index in [0.29, 0.717) is 0 Å². The van der Waals surface area contributed by atoms with Crippen molar-refractivity contribution in [1.82, 2.24) is 19.9 Å². The molecule has 0 spiro atoms. The highest BCUT2D eigenvalue weighted by Gasteiger charge is 2.30. The molecule has 1 saturated heterocycles. The van der Waals surface area contributed by atoms with E-state index >= 15 is 0 Å². The van der Waals surface area contributed by atoms with Crippen LogP contribution >= 0.6 is 11.3 Å². The number of pyridine rings is 3.